The highest BCUT2D eigenvalue weighted by atomic mass is 16.5. The highest BCUT2D eigenvalue weighted by Crippen LogP contribution is 2.22. The Morgan fingerprint density at radius 1 is 1.15 bits per heavy atom. The van der Waals surface area contributed by atoms with Crippen LogP contribution >= 0.6 is 0 Å². The van der Waals surface area contributed by atoms with Crippen molar-refractivity contribution in [3.8, 4) is 16.9 Å². The van der Waals surface area contributed by atoms with Gasteiger partial charge in [0.1, 0.15) is 5.75 Å². The highest BCUT2D eigenvalue weighted by Gasteiger charge is 2.12. The van der Waals surface area contributed by atoms with Crippen LogP contribution in [0.4, 0.5) is 0 Å². The Morgan fingerprint density at radius 2 is 1.89 bits per heavy atom. The van der Waals surface area contributed by atoms with Gasteiger partial charge in [0, 0.05) is 29.6 Å². The van der Waals surface area contributed by atoms with Gasteiger partial charge in [-0.1, -0.05) is 12.1 Å². The van der Waals surface area contributed by atoms with Gasteiger partial charge in [-0.3, -0.25) is 14.5 Å². The Balaban J connectivity index is 1.64. The van der Waals surface area contributed by atoms with E-state index in [1.807, 2.05) is 61.9 Å². The largest absolute Gasteiger partial charge is 0.495 e. The molecule has 3 aromatic rings. The van der Waals surface area contributed by atoms with Crippen LogP contribution in [0, 0.1) is 13.8 Å². The molecule has 0 radical (unpaired) electrons. The van der Waals surface area contributed by atoms with Gasteiger partial charge >= 0.3 is 0 Å². The summed E-state index contributed by atoms with van der Waals surface area (Å²) in [6, 6.07) is 11.5. The molecule has 1 amide bonds. The zero-order valence-electron chi connectivity index (χ0n) is 16.1. The van der Waals surface area contributed by atoms with Crippen LogP contribution in [0.15, 0.2) is 48.8 Å². The molecule has 6 heteroatoms. The number of ether oxygens (including phenoxy) is 1. The van der Waals surface area contributed by atoms with Gasteiger partial charge in [0.05, 0.1) is 25.0 Å². The molecule has 0 aliphatic heterocycles. The number of nitrogens with one attached hydrogen (secondary N) is 1. The molecule has 6 nitrogen and oxygen atoms in total. The van der Waals surface area contributed by atoms with Crippen LogP contribution in [0.1, 0.15) is 34.7 Å². The van der Waals surface area contributed by atoms with Crippen LogP contribution in [0.25, 0.3) is 11.1 Å². The van der Waals surface area contributed by atoms with E-state index in [4.69, 9.17) is 4.74 Å². The number of nitrogens with zero attached hydrogens (tertiary/aromatic N) is 3. The van der Waals surface area contributed by atoms with Gasteiger partial charge in [-0.2, -0.15) is 5.10 Å². The molecule has 0 aliphatic rings. The van der Waals surface area contributed by atoms with E-state index in [1.54, 1.807) is 19.5 Å². The summed E-state index contributed by atoms with van der Waals surface area (Å²) in [6.07, 6.45) is 3.43. The maximum absolute atomic E-state index is 12.4. The molecule has 0 saturated heterocycles. The molecular weight excluding hydrogens is 340 g/mol. The number of hydrogen-bond acceptors (Lipinski definition) is 4. The van der Waals surface area contributed by atoms with Crippen molar-refractivity contribution in [2.45, 2.75) is 26.8 Å². The lowest BCUT2D eigenvalue weighted by molar-refractivity contribution is 0.0947. The van der Waals surface area contributed by atoms with E-state index in [0.717, 1.165) is 22.5 Å². The number of carbonyl (C=O) groups is 1. The van der Waals surface area contributed by atoms with Gasteiger partial charge in [-0.25, -0.2) is 0 Å². The van der Waals surface area contributed by atoms with E-state index in [1.165, 1.54) is 0 Å². The third-order valence-electron chi connectivity index (χ3n) is 4.45. The number of benzene rings is 1. The summed E-state index contributed by atoms with van der Waals surface area (Å²) >= 11 is 0. The standard InChI is InChI=1S/C21H24N4O2/c1-14-9-15(2)25(24-14)16(3)11-23-21(26)18-7-5-17(6-8-18)19-10-20(27-4)13-22-12-19/h5-10,12-13,16H,11H2,1-4H3,(H,23,26)/t16-/m1/s1. The maximum Gasteiger partial charge on any atom is 0.251 e. The minimum atomic E-state index is -0.0984. The molecular formula is C21H24N4O2. The summed E-state index contributed by atoms with van der Waals surface area (Å²) in [7, 11) is 1.61. The zero-order chi connectivity index (χ0) is 19.4. The minimum absolute atomic E-state index is 0.0878. The number of carbonyl (C=O) groups excluding carboxylic acids is 1. The van der Waals surface area contributed by atoms with E-state index < -0.39 is 0 Å². The predicted molar refractivity (Wildman–Crippen MR) is 105 cm³/mol. The number of aromatic nitrogens is 3. The van der Waals surface area contributed by atoms with Crippen molar-refractivity contribution in [3.63, 3.8) is 0 Å². The summed E-state index contributed by atoms with van der Waals surface area (Å²) in [5.41, 5.74) is 4.61. The van der Waals surface area contributed by atoms with E-state index in [0.29, 0.717) is 17.9 Å². The van der Waals surface area contributed by atoms with E-state index in [-0.39, 0.29) is 11.9 Å². The molecule has 0 aliphatic carbocycles. The topological polar surface area (TPSA) is 69.0 Å². The number of amides is 1. The predicted octanol–water partition coefficient (Wildman–Crippen LogP) is 3.56. The lowest BCUT2D eigenvalue weighted by Gasteiger charge is -2.15. The Morgan fingerprint density at radius 3 is 2.52 bits per heavy atom. The normalized spacial score (nSPS) is 11.9. The Labute approximate surface area is 159 Å². The van der Waals surface area contributed by atoms with Crippen molar-refractivity contribution in [1.82, 2.24) is 20.1 Å². The number of aryl methyl sites for hydroxylation is 2. The number of rotatable bonds is 6. The van der Waals surface area contributed by atoms with Gasteiger partial charge in [-0.15, -0.1) is 0 Å². The van der Waals surface area contributed by atoms with Crippen molar-refractivity contribution < 1.29 is 9.53 Å². The first-order valence-corrected chi connectivity index (χ1v) is 8.88. The minimum Gasteiger partial charge on any atom is -0.495 e. The fraction of sp³-hybridized carbons (Fsp3) is 0.286. The molecule has 2 aromatic heterocycles. The summed E-state index contributed by atoms with van der Waals surface area (Å²) in [5, 5.41) is 7.45. The Bertz CT molecular complexity index is 932. The van der Waals surface area contributed by atoms with Crippen molar-refractivity contribution in [1.29, 1.82) is 0 Å². The lowest BCUT2D eigenvalue weighted by atomic mass is 10.1. The molecule has 27 heavy (non-hydrogen) atoms. The lowest BCUT2D eigenvalue weighted by Crippen LogP contribution is -2.30. The maximum atomic E-state index is 12.4. The summed E-state index contributed by atoms with van der Waals surface area (Å²) in [4.78, 5) is 16.6. The fourth-order valence-corrected chi connectivity index (χ4v) is 3.02. The Kier molecular flexibility index (Phi) is 5.54. The molecule has 0 unspecified atom stereocenters. The number of hydrogen-bond donors (Lipinski definition) is 1. The van der Waals surface area contributed by atoms with Gasteiger partial charge in [0.15, 0.2) is 0 Å². The molecule has 1 atom stereocenters. The molecule has 2 heterocycles. The van der Waals surface area contributed by atoms with E-state index >= 15 is 0 Å². The second-order valence-electron chi connectivity index (χ2n) is 6.62. The molecule has 0 fully saturated rings. The molecule has 1 aromatic carbocycles. The summed E-state index contributed by atoms with van der Waals surface area (Å²) in [6.45, 7) is 6.54. The number of methoxy groups -OCH3 is 1. The average molecular weight is 364 g/mol. The van der Waals surface area contributed by atoms with Gasteiger partial charge in [-0.05, 0) is 50.6 Å². The van der Waals surface area contributed by atoms with E-state index in [2.05, 4.69) is 15.4 Å². The Hall–Kier alpha value is -3.15. The molecule has 3 rings (SSSR count). The van der Waals surface area contributed by atoms with Gasteiger partial charge in [0.25, 0.3) is 5.91 Å². The van der Waals surface area contributed by atoms with Crippen LogP contribution < -0.4 is 10.1 Å². The van der Waals surface area contributed by atoms with Crippen LogP contribution in [-0.4, -0.2) is 34.3 Å². The second kappa shape index (κ2) is 8.03. The van der Waals surface area contributed by atoms with Crippen molar-refractivity contribution >= 4 is 5.91 Å². The third-order valence-corrected chi connectivity index (χ3v) is 4.45. The first-order chi connectivity index (χ1) is 13.0. The van der Waals surface area contributed by atoms with Crippen molar-refractivity contribution in [2.75, 3.05) is 13.7 Å². The summed E-state index contributed by atoms with van der Waals surface area (Å²) < 4.78 is 7.14. The van der Waals surface area contributed by atoms with Gasteiger partial charge in [0.2, 0.25) is 0 Å². The van der Waals surface area contributed by atoms with Crippen LogP contribution in [0.3, 0.4) is 0 Å². The van der Waals surface area contributed by atoms with Gasteiger partial charge < -0.3 is 10.1 Å². The SMILES string of the molecule is COc1cncc(-c2ccc(C(=O)NC[C@@H](C)n3nc(C)cc3C)cc2)c1. The third kappa shape index (κ3) is 4.34. The molecule has 0 bridgehead atoms. The van der Waals surface area contributed by atoms with Crippen LogP contribution in [0.2, 0.25) is 0 Å². The van der Waals surface area contributed by atoms with Crippen molar-refractivity contribution in [3.05, 3.63) is 65.7 Å². The fourth-order valence-electron chi connectivity index (χ4n) is 3.02. The summed E-state index contributed by atoms with van der Waals surface area (Å²) in [5.74, 6) is 0.603. The average Bonchev–Trinajstić information content (AvgIpc) is 3.04. The van der Waals surface area contributed by atoms with Crippen molar-refractivity contribution in [2.24, 2.45) is 0 Å². The first-order valence-electron chi connectivity index (χ1n) is 8.88. The van der Waals surface area contributed by atoms with Crippen LogP contribution in [0.5, 0.6) is 5.75 Å². The second-order valence-corrected chi connectivity index (χ2v) is 6.62. The zero-order valence-corrected chi connectivity index (χ0v) is 16.1. The molecule has 0 spiro atoms. The quantitative estimate of drug-likeness (QED) is 0.726. The molecule has 0 saturated carbocycles. The monoisotopic (exact) mass is 364 g/mol. The number of pyridine rings is 1. The molecule has 1 N–H and O–H groups in total. The molecule has 140 valence electrons. The highest BCUT2D eigenvalue weighted by molar-refractivity contribution is 5.94. The van der Waals surface area contributed by atoms with Crippen LogP contribution in [-0.2, 0) is 0 Å². The first kappa shape index (κ1) is 18.6. The van der Waals surface area contributed by atoms with E-state index in [9.17, 15) is 4.79 Å². The smallest absolute Gasteiger partial charge is 0.251 e.